The van der Waals surface area contributed by atoms with Gasteiger partial charge in [0.2, 0.25) is 17.7 Å². The molecule has 14 heteroatoms. The number of hydrogen-bond donors (Lipinski definition) is 1. The summed E-state index contributed by atoms with van der Waals surface area (Å²) in [6, 6.07) is 18.4. The summed E-state index contributed by atoms with van der Waals surface area (Å²) in [5.41, 5.74) is 3.09. The van der Waals surface area contributed by atoms with Crippen molar-refractivity contribution in [2.45, 2.75) is 63.2 Å². The van der Waals surface area contributed by atoms with Crippen molar-refractivity contribution >= 4 is 91.5 Å². The van der Waals surface area contributed by atoms with Gasteiger partial charge in [-0.1, -0.05) is 61.4 Å². The van der Waals surface area contributed by atoms with Crippen molar-refractivity contribution in [1.82, 2.24) is 9.80 Å². The number of halogens is 2. The maximum Gasteiger partial charge on any atom is 0.415 e. The van der Waals surface area contributed by atoms with Crippen molar-refractivity contribution in [3.05, 3.63) is 83.9 Å². The number of phenols is 1. The van der Waals surface area contributed by atoms with Crippen LogP contribution in [-0.2, 0) is 24.0 Å². The summed E-state index contributed by atoms with van der Waals surface area (Å²) in [5.74, 6) is -0.565. The first kappa shape index (κ1) is 43.6. The Morgan fingerprint density at radius 2 is 1.21 bits per heavy atom. The van der Waals surface area contributed by atoms with Gasteiger partial charge in [0.05, 0.1) is 17.3 Å². The average molecular weight is 870 g/mol. The summed E-state index contributed by atoms with van der Waals surface area (Å²) in [7, 11) is 3.28. The zero-order valence-electron chi connectivity index (χ0n) is 34.4. The molecule has 0 aromatic heterocycles. The largest absolute Gasteiger partial charge is 0.507 e. The molecule has 7 rings (SSSR count). The first-order valence-corrected chi connectivity index (χ1v) is 21.9. The predicted octanol–water partition coefficient (Wildman–Crippen LogP) is 8.07. The monoisotopic (exact) mass is 868 g/mol. The lowest BCUT2D eigenvalue weighted by atomic mass is 9.95. The first-order valence-electron chi connectivity index (χ1n) is 20.9. The van der Waals surface area contributed by atoms with E-state index in [-0.39, 0.29) is 84.4 Å². The number of rotatable bonds is 16. The normalized spacial score (nSPS) is 17.0. The molecule has 4 aromatic carbocycles. The molecule has 2 atom stereocenters. The van der Waals surface area contributed by atoms with Crippen molar-refractivity contribution in [3.63, 3.8) is 0 Å². The summed E-state index contributed by atoms with van der Waals surface area (Å²) in [6.45, 7) is 1.23. The van der Waals surface area contributed by atoms with Crippen LogP contribution in [0.15, 0.2) is 72.8 Å². The molecule has 0 radical (unpaired) electrons. The van der Waals surface area contributed by atoms with Gasteiger partial charge in [0.25, 0.3) is 0 Å². The molecule has 2 aliphatic heterocycles. The molecular formula is C47H50Cl2N4O8. The molecule has 4 aromatic rings. The van der Waals surface area contributed by atoms with E-state index < -0.39 is 12.0 Å². The zero-order chi connectivity index (χ0) is 43.4. The minimum Gasteiger partial charge on any atom is -0.507 e. The highest BCUT2D eigenvalue weighted by atomic mass is 35.5. The van der Waals surface area contributed by atoms with E-state index in [1.54, 1.807) is 40.9 Å². The highest BCUT2D eigenvalue weighted by Crippen LogP contribution is 2.47. The van der Waals surface area contributed by atoms with Gasteiger partial charge >= 0.3 is 6.09 Å². The Labute approximate surface area is 365 Å². The quantitative estimate of drug-likeness (QED) is 0.0677. The summed E-state index contributed by atoms with van der Waals surface area (Å²) >= 11 is 12.9. The fourth-order valence-electron chi connectivity index (χ4n) is 8.81. The second kappa shape index (κ2) is 19.1. The van der Waals surface area contributed by atoms with Gasteiger partial charge in [0.1, 0.15) is 11.5 Å². The fraction of sp³-hybridized carbons (Fsp3) is 0.404. The molecular weight excluding hydrogens is 819 g/mol. The minimum atomic E-state index is -0.624. The van der Waals surface area contributed by atoms with E-state index in [1.165, 1.54) is 17.1 Å². The number of unbranched alkanes of at least 4 members (excludes halogenated alkanes) is 2. The van der Waals surface area contributed by atoms with Crippen LogP contribution in [0.2, 0.25) is 0 Å². The molecule has 0 bridgehead atoms. The van der Waals surface area contributed by atoms with Crippen LogP contribution in [0.5, 0.6) is 11.5 Å². The SMILES string of the molecule is CN(CCN(C)C(=O)Oc1cc2c(c3ccccc13)[C@H](CCl)CN2C(=O)CCCC(=O)N1C[C@@H](CCl)c2c1cc(O)c1ccccc21)C(=O)CCCCCC1C(=O)C=CC1=O. The molecule has 1 N–H and O–H groups in total. The number of amides is 4. The number of phenolic OH excluding ortho intramolecular Hbond substituents is 1. The van der Waals surface area contributed by atoms with Crippen LogP contribution in [0.1, 0.15) is 74.3 Å². The van der Waals surface area contributed by atoms with Gasteiger partial charge < -0.3 is 29.4 Å². The van der Waals surface area contributed by atoms with Crippen LogP contribution in [-0.4, -0.2) is 102 Å². The van der Waals surface area contributed by atoms with E-state index in [9.17, 15) is 33.9 Å². The standard InChI is InChI=1S/C47H50Cl2N4O8/c1-50(42(57)16-5-3-4-15-35-38(54)19-20-39(35)55)21-22-51(2)47(60)61-41-24-37-46(34-14-9-7-12-32(34)41)30(26-49)28-53(37)44(59)18-10-17-43(58)52-27-29(25-48)45-33-13-8-6-11-31(33)40(56)23-36(45)52/h6-9,11-14,19-20,23-24,29-30,35,56H,3-5,10,15-18,21-22,25-28H2,1-2H3/t29-,30-/m1/s1. The van der Waals surface area contributed by atoms with Crippen molar-refractivity contribution in [3.8, 4) is 11.5 Å². The Hall–Kier alpha value is -5.46. The van der Waals surface area contributed by atoms with Crippen molar-refractivity contribution < 1.29 is 38.6 Å². The highest BCUT2D eigenvalue weighted by Gasteiger charge is 2.37. The first-order chi connectivity index (χ1) is 29.4. The zero-order valence-corrected chi connectivity index (χ0v) is 35.9. The molecule has 0 fully saturated rings. The highest BCUT2D eigenvalue weighted by molar-refractivity contribution is 6.20. The maximum atomic E-state index is 14.0. The number of hydrogen-bond acceptors (Lipinski definition) is 8. The lowest BCUT2D eigenvalue weighted by Crippen LogP contribution is -2.38. The van der Waals surface area contributed by atoms with Crippen LogP contribution < -0.4 is 14.5 Å². The summed E-state index contributed by atoms with van der Waals surface area (Å²) in [6.07, 6.45) is 5.39. The van der Waals surface area contributed by atoms with E-state index in [0.717, 1.165) is 28.3 Å². The van der Waals surface area contributed by atoms with Gasteiger partial charge in [0.15, 0.2) is 11.6 Å². The number of aromatic hydroxyl groups is 1. The van der Waals surface area contributed by atoms with E-state index in [4.69, 9.17) is 27.9 Å². The van der Waals surface area contributed by atoms with Gasteiger partial charge in [-0.25, -0.2) is 4.79 Å². The van der Waals surface area contributed by atoms with Gasteiger partial charge in [-0.05, 0) is 53.3 Å². The number of carbonyl (C=O) groups excluding carboxylic acids is 6. The lowest BCUT2D eigenvalue weighted by molar-refractivity contribution is -0.130. The average Bonchev–Trinajstić information content (AvgIpc) is 3.94. The number of benzene rings is 4. The van der Waals surface area contributed by atoms with Crippen molar-refractivity contribution in [2.24, 2.45) is 5.92 Å². The molecule has 3 aliphatic rings. The molecule has 0 saturated carbocycles. The Morgan fingerprint density at radius 1 is 0.689 bits per heavy atom. The number of anilines is 2. The third-order valence-electron chi connectivity index (χ3n) is 12.2. The van der Waals surface area contributed by atoms with Crippen LogP contribution in [0.3, 0.4) is 0 Å². The topological polar surface area (TPSA) is 145 Å². The molecule has 1 aliphatic carbocycles. The third-order valence-corrected chi connectivity index (χ3v) is 13.0. The molecule has 0 unspecified atom stereocenters. The van der Waals surface area contributed by atoms with Crippen LogP contribution in [0.4, 0.5) is 16.2 Å². The predicted molar refractivity (Wildman–Crippen MR) is 237 cm³/mol. The van der Waals surface area contributed by atoms with Gasteiger partial charge in [-0.3, -0.25) is 24.0 Å². The number of nitrogens with zero attached hydrogens (tertiary/aromatic N) is 4. The van der Waals surface area contributed by atoms with E-state index in [2.05, 4.69) is 0 Å². The lowest BCUT2D eigenvalue weighted by Gasteiger charge is -2.23. The van der Waals surface area contributed by atoms with Gasteiger partial charge in [-0.2, -0.15) is 0 Å². The Kier molecular flexibility index (Phi) is 13.6. The van der Waals surface area contributed by atoms with E-state index in [0.29, 0.717) is 73.2 Å². The van der Waals surface area contributed by atoms with Gasteiger partial charge in [-0.15, -0.1) is 23.2 Å². The molecule has 61 heavy (non-hydrogen) atoms. The van der Waals surface area contributed by atoms with Gasteiger partial charge in [0, 0.05) is 106 Å². The maximum absolute atomic E-state index is 14.0. The molecule has 0 spiro atoms. The molecule has 4 amide bonds. The number of carbonyl (C=O) groups is 6. The number of likely N-dealkylation sites (N-methyl/N-ethyl adjacent to an activating group) is 2. The number of alkyl halides is 2. The third kappa shape index (κ3) is 9.11. The number of ketones is 2. The van der Waals surface area contributed by atoms with Crippen molar-refractivity contribution in [2.75, 3.05) is 61.8 Å². The second-order valence-corrected chi connectivity index (χ2v) is 16.8. The smallest absolute Gasteiger partial charge is 0.415 e. The number of fused-ring (bicyclic) bond motifs is 6. The number of ether oxygens (including phenoxy) is 1. The Morgan fingerprint density at radius 3 is 1.80 bits per heavy atom. The fourth-order valence-corrected chi connectivity index (χ4v) is 9.31. The van der Waals surface area contributed by atoms with E-state index in [1.807, 2.05) is 48.5 Å². The Bertz CT molecular complexity index is 2400. The van der Waals surface area contributed by atoms with Crippen molar-refractivity contribution in [1.29, 1.82) is 0 Å². The molecule has 12 nitrogen and oxygen atoms in total. The Balaban J connectivity index is 0.957. The van der Waals surface area contributed by atoms with Crippen LogP contribution in [0, 0.1) is 5.92 Å². The molecule has 0 saturated heterocycles. The minimum absolute atomic E-state index is 0.0700. The van der Waals surface area contributed by atoms with Crippen LogP contribution >= 0.6 is 23.2 Å². The number of allylic oxidation sites excluding steroid dienone is 2. The summed E-state index contributed by atoms with van der Waals surface area (Å²) in [5, 5.41) is 13.9. The molecule has 2 heterocycles. The van der Waals surface area contributed by atoms with E-state index >= 15 is 0 Å². The second-order valence-electron chi connectivity index (χ2n) is 16.2. The summed E-state index contributed by atoms with van der Waals surface area (Å²) < 4.78 is 5.99. The summed E-state index contributed by atoms with van der Waals surface area (Å²) in [4.78, 5) is 83.8. The van der Waals surface area contributed by atoms with Crippen LogP contribution in [0.25, 0.3) is 21.5 Å². The molecule has 320 valence electrons.